The van der Waals surface area contributed by atoms with Gasteiger partial charge in [-0.2, -0.15) is 13.2 Å². The maximum Gasteiger partial charge on any atom is 0.391 e. The summed E-state index contributed by atoms with van der Waals surface area (Å²) in [6, 6.07) is 4.79. The number of halogens is 3. The van der Waals surface area contributed by atoms with Crippen molar-refractivity contribution in [2.45, 2.75) is 50.9 Å². The standard InChI is InChI=1S/C20H30F3N3O3/c1-4-24-19(26-15-7-5-6-14(11-15)20(21,22)23)25-12-16(27)13-8-9-17(28-2)18(10-13)29-3/h8-10,14-16,27H,4-7,11-12H2,1-3H3,(H2,24,25,26). The highest BCUT2D eigenvalue weighted by Gasteiger charge is 2.42. The van der Waals surface area contributed by atoms with Crippen LogP contribution in [-0.4, -0.2) is 50.6 Å². The summed E-state index contributed by atoms with van der Waals surface area (Å²) in [6.45, 7) is 2.50. The second kappa shape index (κ2) is 10.6. The van der Waals surface area contributed by atoms with Crippen LogP contribution in [0.4, 0.5) is 13.2 Å². The van der Waals surface area contributed by atoms with Gasteiger partial charge in [-0.05, 0) is 43.9 Å². The van der Waals surface area contributed by atoms with Gasteiger partial charge in [0, 0.05) is 12.6 Å². The fourth-order valence-corrected chi connectivity index (χ4v) is 3.47. The molecule has 0 spiro atoms. The van der Waals surface area contributed by atoms with Crippen molar-refractivity contribution in [2.75, 3.05) is 27.3 Å². The van der Waals surface area contributed by atoms with Gasteiger partial charge in [-0.25, -0.2) is 0 Å². The summed E-state index contributed by atoms with van der Waals surface area (Å²) in [6.07, 6.45) is -3.66. The number of rotatable bonds is 7. The third-order valence-electron chi connectivity index (χ3n) is 5.04. The van der Waals surface area contributed by atoms with Crippen LogP contribution in [0.15, 0.2) is 23.2 Å². The summed E-state index contributed by atoms with van der Waals surface area (Å²) in [5.74, 6) is 0.172. The number of aliphatic hydroxyl groups excluding tert-OH is 1. The zero-order chi connectivity index (χ0) is 21.4. The van der Waals surface area contributed by atoms with E-state index in [1.165, 1.54) is 14.2 Å². The Morgan fingerprint density at radius 2 is 1.97 bits per heavy atom. The predicted octanol–water partition coefficient (Wildman–Crippen LogP) is 3.41. The molecule has 2 rings (SSSR count). The van der Waals surface area contributed by atoms with Gasteiger partial charge in [-0.3, -0.25) is 4.99 Å². The second-order valence-corrected chi connectivity index (χ2v) is 7.10. The van der Waals surface area contributed by atoms with Crippen LogP contribution < -0.4 is 20.1 Å². The Hall–Kier alpha value is -2.16. The fourth-order valence-electron chi connectivity index (χ4n) is 3.47. The molecule has 1 saturated carbocycles. The molecule has 3 unspecified atom stereocenters. The normalized spacial score (nSPS) is 21.4. The van der Waals surface area contributed by atoms with Gasteiger partial charge >= 0.3 is 6.18 Å². The molecule has 0 aliphatic heterocycles. The minimum Gasteiger partial charge on any atom is -0.493 e. The summed E-state index contributed by atoms with van der Waals surface area (Å²) in [4.78, 5) is 4.36. The molecule has 0 bridgehead atoms. The van der Waals surface area contributed by atoms with Gasteiger partial charge in [0.15, 0.2) is 17.5 Å². The van der Waals surface area contributed by atoms with Gasteiger partial charge in [0.25, 0.3) is 0 Å². The van der Waals surface area contributed by atoms with Crippen LogP contribution in [0.5, 0.6) is 11.5 Å². The molecule has 0 radical (unpaired) electrons. The quantitative estimate of drug-likeness (QED) is 0.468. The summed E-state index contributed by atoms with van der Waals surface area (Å²) < 4.78 is 49.5. The Morgan fingerprint density at radius 3 is 2.59 bits per heavy atom. The van der Waals surface area contributed by atoms with Gasteiger partial charge in [-0.15, -0.1) is 0 Å². The number of hydrogen-bond donors (Lipinski definition) is 3. The number of hydrogen-bond acceptors (Lipinski definition) is 4. The van der Waals surface area contributed by atoms with E-state index in [4.69, 9.17) is 9.47 Å². The van der Waals surface area contributed by atoms with Crippen molar-refractivity contribution in [3.05, 3.63) is 23.8 Å². The van der Waals surface area contributed by atoms with E-state index >= 15 is 0 Å². The Balaban J connectivity index is 2.03. The Labute approximate surface area is 169 Å². The van der Waals surface area contributed by atoms with Gasteiger partial charge in [0.1, 0.15) is 0 Å². The van der Waals surface area contributed by atoms with E-state index in [0.717, 1.165) is 0 Å². The molecule has 0 heterocycles. The molecule has 3 atom stereocenters. The number of alkyl halides is 3. The second-order valence-electron chi connectivity index (χ2n) is 7.10. The molecule has 1 aliphatic carbocycles. The maximum atomic E-state index is 13.0. The summed E-state index contributed by atoms with van der Waals surface area (Å²) in [7, 11) is 3.04. The van der Waals surface area contributed by atoms with Gasteiger partial charge in [-0.1, -0.05) is 12.5 Å². The Kier molecular flexibility index (Phi) is 8.43. The lowest BCUT2D eigenvalue weighted by Gasteiger charge is -2.32. The molecule has 3 N–H and O–H groups in total. The van der Waals surface area contributed by atoms with E-state index in [1.807, 2.05) is 6.92 Å². The highest BCUT2D eigenvalue weighted by molar-refractivity contribution is 5.80. The highest BCUT2D eigenvalue weighted by Crippen LogP contribution is 2.37. The molecule has 9 heteroatoms. The largest absolute Gasteiger partial charge is 0.493 e. The van der Waals surface area contributed by atoms with Crippen LogP contribution in [0.2, 0.25) is 0 Å². The molecular weight excluding hydrogens is 387 g/mol. The summed E-state index contributed by atoms with van der Waals surface area (Å²) in [5, 5.41) is 16.6. The molecule has 0 aromatic heterocycles. The number of nitrogens with zero attached hydrogens (tertiary/aromatic N) is 1. The first kappa shape index (κ1) is 23.1. The van der Waals surface area contributed by atoms with Crippen molar-refractivity contribution in [1.82, 2.24) is 10.6 Å². The number of guanidine groups is 1. The van der Waals surface area contributed by atoms with E-state index in [-0.39, 0.29) is 25.4 Å². The first-order valence-electron chi connectivity index (χ1n) is 9.80. The molecule has 1 aliphatic rings. The molecule has 0 amide bonds. The number of benzene rings is 1. The van der Waals surface area contributed by atoms with E-state index in [9.17, 15) is 18.3 Å². The van der Waals surface area contributed by atoms with Crippen LogP contribution in [-0.2, 0) is 0 Å². The third kappa shape index (κ3) is 6.69. The molecule has 164 valence electrons. The number of aliphatic hydroxyl groups is 1. The van der Waals surface area contributed by atoms with Gasteiger partial charge in [0.2, 0.25) is 0 Å². The van der Waals surface area contributed by atoms with Crippen molar-refractivity contribution < 1.29 is 27.8 Å². The number of aliphatic imine (C=N–C) groups is 1. The molecular formula is C20H30F3N3O3. The minimum absolute atomic E-state index is 0.0339. The monoisotopic (exact) mass is 417 g/mol. The first-order chi connectivity index (χ1) is 13.8. The van der Waals surface area contributed by atoms with Gasteiger partial charge < -0.3 is 25.2 Å². The smallest absolute Gasteiger partial charge is 0.391 e. The molecule has 1 aromatic rings. The molecule has 1 fully saturated rings. The zero-order valence-electron chi connectivity index (χ0n) is 17.1. The topological polar surface area (TPSA) is 75.1 Å². The lowest BCUT2D eigenvalue weighted by atomic mass is 9.85. The molecule has 1 aromatic carbocycles. The number of nitrogens with one attached hydrogen (secondary N) is 2. The van der Waals surface area contributed by atoms with E-state index in [1.54, 1.807) is 18.2 Å². The van der Waals surface area contributed by atoms with Crippen molar-refractivity contribution in [3.63, 3.8) is 0 Å². The average molecular weight is 417 g/mol. The van der Waals surface area contributed by atoms with Crippen LogP contribution in [0, 0.1) is 5.92 Å². The van der Waals surface area contributed by atoms with Gasteiger partial charge in [0.05, 0.1) is 32.8 Å². The zero-order valence-corrected chi connectivity index (χ0v) is 17.1. The summed E-state index contributed by atoms with van der Waals surface area (Å²) >= 11 is 0. The molecule has 6 nitrogen and oxygen atoms in total. The van der Waals surface area contributed by atoms with E-state index < -0.39 is 18.2 Å². The van der Waals surface area contributed by atoms with Crippen molar-refractivity contribution in [2.24, 2.45) is 10.9 Å². The third-order valence-corrected chi connectivity index (χ3v) is 5.04. The van der Waals surface area contributed by atoms with E-state index in [0.29, 0.717) is 42.4 Å². The lowest BCUT2D eigenvalue weighted by molar-refractivity contribution is -0.183. The maximum absolute atomic E-state index is 13.0. The fraction of sp³-hybridized carbons (Fsp3) is 0.650. The Bertz CT molecular complexity index is 683. The van der Waals surface area contributed by atoms with Crippen molar-refractivity contribution >= 4 is 5.96 Å². The van der Waals surface area contributed by atoms with Crippen LogP contribution in [0.25, 0.3) is 0 Å². The van der Waals surface area contributed by atoms with Crippen LogP contribution in [0.3, 0.4) is 0 Å². The SMILES string of the molecule is CCNC(=NCC(O)c1ccc(OC)c(OC)c1)NC1CCCC(C(F)(F)F)C1. The van der Waals surface area contributed by atoms with Crippen molar-refractivity contribution in [1.29, 1.82) is 0 Å². The molecule has 0 saturated heterocycles. The van der Waals surface area contributed by atoms with Crippen LogP contribution >= 0.6 is 0 Å². The predicted molar refractivity (Wildman–Crippen MR) is 105 cm³/mol. The average Bonchev–Trinajstić information content (AvgIpc) is 2.71. The number of methoxy groups -OCH3 is 2. The lowest BCUT2D eigenvalue weighted by Crippen LogP contribution is -2.47. The first-order valence-corrected chi connectivity index (χ1v) is 9.80. The number of ether oxygens (including phenoxy) is 2. The Morgan fingerprint density at radius 1 is 1.24 bits per heavy atom. The van der Waals surface area contributed by atoms with Crippen molar-refractivity contribution in [3.8, 4) is 11.5 Å². The molecule has 29 heavy (non-hydrogen) atoms. The summed E-state index contributed by atoms with van der Waals surface area (Å²) in [5.41, 5.74) is 0.608. The minimum atomic E-state index is -4.17. The van der Waals surface area contributed by atoms with Crippen LogP contribution in [0.1, 0.15) is 44.3 Å². The van der Waals surface area contributed by atoms with E-state index in [2.05, 4.69) is 15.6 Å². The highest BCUT2D eigenvalue weighted by atomic mass is 19.4.